The van der Waals surface area contributed by atoms with Crippen LogP contribution in [-0.2, 0) is 11.2 Å². The van der Waals surface area contributed by atoms with Crippen molar-refractivity contribution in [2.45, 2.75) is 12.8 Å². The number of ether oxygens (including phenoxy) is 2. The van der Waals surface area contributed by atoms with Crippen molar-refractivity contribution in [1.82, 2.24) is 5.32 Å². The normalized spacial score (nSPS) is 10.2. The predicted octanol–water partition coefficient (Wildman–Crippen LogP) is 3.48. The average molecular weight is 334 g/mol. The van der Waals surface area contributed by atoms with Crippen LogP contribution in [0, 0.1) is 0 Å². The van der Waals surface area contributed by atoms with Crippen LogP contribution >= 0.6 is 11.6 Å². The Morgan fingerprint density at radius 2 is 1.78 bits per heavy atom. The van der Waals surface area contributed by atoms with Crippen molar-refractivity contribution in [1.29, 1.82) is 0 Å². The molecule has 0 unspecified atom stereocenters. The number of halogens is 1. The highest BCUT2D eigenvalue weighted by Crippen LogP contribution is 2.25. The van der Waals surface area contributed by atoms with E-state index in [4.69, 9.17) is 21.1 Å². The Morgan fingerprint density at radius 1 is 1.09 bits per heavy atom. The third-order valence-corrected chi connectivity index (χ3v) is 3.56. The first kappa shape index (κ1) is 17.2. The van der Waals surface area contributed by atoms with E-state index in [1.807, 2.05) is 36.4 Å². The van der Waals surface area contributed by atoms with Gasteiger partial charge in [-0.1, -0.05) is 35.9 Å². The highest BCUT2D eigenvalue weighted by Gasteiger charge is 2.06. The number of methoxy groups -OCH3 is 1. The van der Waals surface area contributed by atoms with E-state index < -0.39 is 0 Å². The monoisotopic (exact) mass is 333 g/mol. The van der Waals surface area contributed by atoms with Gasteiger partial charge in [0.15, 0.2) is 18.1 Å². The Bertz CT molecular complexity index is 628. The Balaban J connectivity index is 1.66. The van der Waals surface area contributed by atoms with Crippen LogP contribution in [0.5, 0.6) is 11.5 Å². The summed E-state index contributed by atoms with van der Waals surface area (Å²) in [7, 11) is 1.57. The maximum Gasteiger partial charge on any atom is 0.257 e. The molecule has 5 heteroatoms. The van der Waals surface area contributed by atoms with E-state index in [0.29, 0.717) is 18.0 Å². The number of hydrogen-bond acceptors (Lipinski definition) is 3. The summed E-state index contributed by atoms with van der Waals surface area (Å²) >= 11 is 5.84. The van der Waals surface area contributed by atoms with Crippen LogP contribution in [-0.4, -0.2) is 26.2 Å². The quantitative estimate of drug-likeness (QED) is 0.752. The maximum absolute atomic E-state index is 11.8. The van der Waals surface area contributed by atoms with Gasteiger partial charge in [-0.15, -0.1) is 0 Å². The van der Waals surface area contributed by atoms with E-state index in [9.17, 15) is 4.79 Å². The van der Waals surface area contributed by atoms with Crippen molar-refractivity contribution in [3.63, 3.8) is 0 Å². The van der Waals surface area contributed by atoms with Gasteiger partial charge in [-0.3, -0.25) is 4.79 Å². The molecule has 0 aliphatic heterocycles. The summed E-state index contributed by atoms with van der Waals surface area (Å²) in [6.45, 7) is 0.581. The molecule has 2 aromatic carbocycles. The molecule has 0 bridgehead atoms. The highest BCUT2D eigenvalue weighted by molar-refractivity contribution is 6.30. The third-order valence-electron chi connectivity index (χ3n) is 3.31. The third kappa shape index (κ3) is 5.83. The minimum Gasteiger partial charge on any atom is -0.493 e. The van der Waals surface area contributed by atoms with Crippen LogP contribution in [0.25, 0.3) is 0 Å². The fourth-order valence-corrected chi connectivity index (χ4v) is 2.23. The van der Waals surface area contributed by atoms with Gasteiger partial charge in [-0.2, -0.15) is 0 Å². The molecule has 1 amide bonds. The van der Waals surface area contributed by atoms with Crippen molar-refractivity contribution in [2.24, 2.45) is 0 Å². The second-order valence-electron chi connectivity index (χ2n) is 5.02. The molecule has 2 aromatic rings. The molecule has 1 N–H and O–H groups in total. The van der Waals surface area contributed by atoms with Crippen molar-refractivity contribution in [3.05, 3.63) is 59.1 Å². The summed E-state index contributed by atoms with van der Waals surface area (Å²) < 4.78 is 10.6. The number of carbonyl (C=O) groups excluding carboxylic acids is 1. The first-order valence-corrected chi connectivity index (χ1v) is 7.84. The van der Waals surface area contributed by atoms with Gasteiger partial charge in [-0.05, 0) is 42.7 Å². The smallest absolute Gasteiger partial charge is 0.257 e. The Labute approximate surface area is 141 Å². The number of amides is 1. The van der Waals surface area contributed by atoms with Crippen LogP contribution in [0.4, 0.5) is 0 Å². The standard InChI is InChI=1S/C18H20ClNO3/c1-22-16-6-2-3-7-17(16)23-13-18(21)20-12-4-5-14-8-10-15(19)11-9-14/h2-3,6-11H,4-5,12-13H2,1H3,(H,20,21). The molecular weight excluding hydrogens is 314 g/mol. The highest BCUT2D eigenvalue weighted by atomic mass is 35.5. The van der Waals surface area contributed by atoms with Gasteiger partial charge in [0.1, 0.15) is 0 Å². The molecule has 0 aliphatic rings. The topological polar surface area (TPSA) is 47.6 Å². The molecule has 0 radical (unpaired) electrons. The fourth-order valence-electron chi connectivity index (χ4n) is 2.10. The van der Waals surface area contributed by atoms with E-state index in [-0.39, 0.29) is 12.5 Å². The van der Waals surface area contributed by atoms with Gasteiger partial charge in [0, 0.05) is 11.6 Å². The zero-order valence-corrected chi connectivity index (χ0v) is 13.8. The SMILES string of the molecule is COc1ccccc1OCC(=O)NCCCc1ccc(Cl)cc1. The van der Waals surface area contributed by atoms with Crippen molar-refractivity contribution in [3.8, 4) is 11.5 Å². The van der Waals surface area contributed by atoms with Gasteiger partial charge < -0.3 is 14.8 Å². The molecule has 2 rings (SSSR count). The molecular formula is C18H20ClNO3. The van der Waals surface area contributed by atoms with Crippen LogP contribution < -0.4 is 14.8 Å². The van der Waals surface area contributed by atoms with Crippen molar-refractivity contribution < 1.29 is 14.3 Å². The Morgan fingerprint density at radius 3 is 2.48 bits per heavy atom. The van der Waals surface area contributed by atoms with E-state index in [1.54, 1.807) is 19.2 Å². The molecule has 0 aliphatic carbocycles. The van der Waals surface area contributed by atoms with E-state index in [2.05, 4.69) is 5.32 Å². The van der Waals surface area contributed by atoms with Crippen molar-refractivity contribution in [2.75, 3.05) is 20.3 Å². The van der Waals surface area contributed by atoms with E-state index in [0.717, 1.165) is 17.9 Å². The first-order chi connectivity index (χ1) is 11.2. The average Bonchev–Trinajstić information content (AvgIpc) is 2.58. The lowest BCUT2D eigenvalue weighted by atomic mass is 10.1. The summed E-state index contributed by atoms with van der Waals surface area (Å²) in [6, 6.07) is 15.0. The van der Waals surface area contributed by atoms with Gasteiger partial charge in [-0.25, -0.2) is 0 Å². The molecule has 0 fully saturated rings. The molecule has 23 heavy (non-hydrogen) atoms. The summed E-state index contributed by atoms with van der Waals surface area (Å²) in [5, 5.41) is 3.57. The summed E-state index contributed by atoms with van der Waals surface area (Å²) in [6.07, 6.45) is 1.76. The lowest BCUT2D eigenvalue weighted by Gasteiger charge is -2.10. The Kier molecular flexibility index (Phi) is 6.76. The minimum atomic E-state index is -0.146. The van der Waals surface area contributed by atoms with Crippen LogP contribution in [0.2, 0.25) is 5.02 Å². The van der Waals surface area contributed by atoms with Crippen LogP contribution in [0.1, 0.15) is 12.0 Å². The summed E-state index contributed by atoms with van der Waals surface area (Å²) in [4.78, 5) is 11.8. The lowest BCUT2D eigenvalue weighted by molar-refractivity contribution is -0.123. The molecule has 0 saturated heterocycles. The van der Waals surface area contributed by atoms with Crippen LogP contribution in [0.15, 0.2) is 48.5 Å². The molecule has 122 valence electrons. The summed E-state index contributed by atoms with van der Waals surface area (Å²) in [5.74, 6) is 1.03. The van der Waals surface area contributed by atoms with Gasteiger partial charge in [0.2, 0.25) is 0 Å². The lowest BCUT2D eigenvalue weighted by Crippen LogP contribution is -2.30. The van der Waals surface area contributed by atoms with Gasteiger partial charge in [0.05, 0.1) is 7.11 Å². The summed E-state index contributed by atoms with van der Waals surface area (Å²) in [5.41, 5.74) is 1.20. The molecule has 0 heterocycles. The van der Waals surface area contributed by atoms with Gasteiger partial charge in [0.25, 0.3) is 5.91 Å². The number of carbonyl (C=O) groups is 1. The molecule has 0 saturated carbocycles. The Hall–Kier alpha value is -2.20. The largest absolute Gasteiger partial charge is 0.493 e. The van der Waals surface area contributed by atoms with Gasteiger partial charge >= 0.3 is 0 Å². The molecule has 4 nitrogen and oxygen atoms in total. The van der Waals surface area contributed by atoms with E-state index in [1.165, 1.54) is 5.56 Å². The minimum absolute atomic E-state index is 0.0265. The first-order valence-electron chi connectivity index (χ1n) is 7.46. The fraction of sp³-hybridized carbons (Fsp3) is 0.278. The number of para-hydroxylation sites is 2. The number of aryl methyl sites for hydroxylation is 1. The van der Waals surface area contributed by atoms with Crippen molar-refractivity contribution >= 4 is 17.5 Å². The second-order valence-corrected chi connectivity index (χ2v) is 5.46. The number of rotatable bonds is 8. The number of hydrogen-bond donors (Lipinski definition) is 1. The molecule has 0 atom stereocenters. The second kappa shape index (κ2) is 9.06. The van der Waals surface area contributed by atoms with E-state index >= 15 is 0 Å². The maximum atomic E-state index is 11.8. The molecule has 0 spiro atoms. The zero-order chi connectivity index (χ0) is 16.5. The molecule has 0 aromatic heterocycles. The van der Waals surface area contributed by atoms with Crippen LogP contribution in [0.3, 0.4) is 0 Å². The number of nitrogens with one attached hydrogen (secondary N) is 1. The number of benzene rings is 2. The zero-order valence-electron chi connectivity index (χ0n) is 13.0. The predicted molar refractivity (Wildman–Crippen MR) is 91.3 cm³/mol.